The predicted octanol–water partition coefficient (Wildman–Crippen LogP) is 3.28. The molecule has 1 aliphatic heterocycles. The van der Waals surface area contributed by atoms with Gasteiger partial charge in [0.2, 0.25) is 11.9 Å². The first-order chi connectivity index (χ1) is 15.0. The number of ether oxygens (including phenoxy) is 2. The highest BCUT2D eigenvalue weighted by Crippen LogP contribution is 2.43. The molecule has 0 fully saturated rings. The summed E-state index contributed by atoms with van der Waals surface area (Å²) in [6, 6.07) is 11.7. The van der Waals surface area contributed by atoms with Crippen molar-refractivity contribution < 1.29 is 24.2 Å². The first-order valence-electron chi connectivity index (χ1n) is 10.3. The minimum Gasteiger partial charge on any atom is -0.504 e. The van der Waals surface area contributed by atoms with Gasteiger partial charge in [0.1, 0.15) is 0 Å². The van der Waals surface area contributed by atoms with Crippen LogP contribution in [0.15, 0.2) is 42.5 Å². The normalized spacial score (nSPS) is 18.2. The van der Waals surface area contributed by atoms with E-state index >= 15 is 0 Å². The molecule has 3 aromatic rings. The number of hydrogen-bond acceptors (Lipinski definition) is 6. The molecule has 2 aromatic carbocycles. The van der Waals surface area contributed by atoms with Gasteiger partial charge in [-0.05, 0) is 43.2 Å². The number of esters is 1. The molecule has 162 valence electrons. The van der Waals surface area contributed by atoms with Crippen LogP contribution in [0.25, 0.3) is 11.0 Å². The highest BCUT2D eigenvalue weighted by Gasteiger charge is 2.47. The average Bonchev–Trinajstić information content (AvgIpc) is 3.14. The summed E-state index contributed by atoms with van der Waals surface area (Å²) >= 11 is 0. The summed E-state index contributed by atoms with van der Waals surface area (Å²) in [6.45, 7) is 4.27. The summed E-state index contributed by atoms with van der Waals surface area (Å²) in [5, 5.41) is 10.4. The van der Waals surface area contributed by atoms with E-state index in [-0.39, 0.29) is 18.3 Å². The number of methoxy groups -OCH3 is 1. The van der Waals surface area contributed by atoms with Gasteiger partial charge in [-0.15, -0.1) is 0 Å². The van der Waals surface area contributed by atoms with E-state index in [1.807, 2.05) is 35.8 Å². The third kappa shape index (κ3) is 3.37. The fraction of sp³-hybridized carbons (Fsp3) is 0.348. The lowest BCUT2D eigenvalue weighted by molar-refractivity contribution is -0.153. The molecule has 0 unspecified atom stereocenters. The Kier molecular flexibility index (Phi) is 5.54. The van der Waals surface area contributed by atoms with Crippen molar-refractivity contribution in [2.24, 2.45) is 5.92 Å². The van der Waals surface area contributed by atoms with E-state index in [4.69, 9.17) is 14.5 Å². The maximum absolute atomic E-state index is 13.5. The zero-order valence-corrected chi connectivity index (χ0v) is 17.7. The van der Waals surface area contributed by atoms with E-state index in [0.717, 1.165) is 11.0 Å². The molecule has 1 N–H and O–H groups in total. The quantitative estimate of drug-likeness (QED) is 0.483. The van der Waals surface area contributed by atoms with Crippen LogP contribution in [0.2, 0.25) is 0 Å². The SMILES string of the molecule is CCCN1C(=O)[C@H](C(=O)OCC)[C@H](c2ccc(OC)c(O)c2)n2c1nc1ccccc12. The number of aromatic hydroxyl groups is 1. The smallest absolute Gasteiger partial charge is 0.321 e. The summed E-state index contributed by atoms with van der Waals surface area (Å²) in [4.78, 5) is 32.8. The highest BCUT2D eigenvalue weighted by atomic mass is 16.5. The molecule has 1 aliphatic rings. The highest BCUT2D eigenvalue weighted by molar-refractivity contribution is 6.08. The fourth-order valence-electron chi connectivity index (χ4n) is 4.18. The molecule has 2 heterocycles. The fourth-order valence-corrected chi connectivity index (χ4v) is 4.18. The monoisotopic (exact) mass is 423 g/mol. The minimum atomic E-state index is -1.11. The van der Waals surface area contributed by atoms with Gasteiger partial charge in [-0.2, -0.15) is 0 Å². The zero-order chi connectivity index (χ0) is 22.1. The number of fused-ring (bicyclic) bond motifs is 3. The van der Waals surface area contributed by atoms with Gasteiger partial charge in [0.05, 0.1) is 30.8 Å². The van der Waals surface area contributed by atoms with Crippen LogP contribution in [0.3, 0.4) is 0 Å². The summed E-state index contributed by atoms with van der Waals surface area (Å²) < 4.78 is 12.4. The largest absolute Gasteiger partial charge is 0.504 e. The van der Waals surface area contributed by atoms with E-state index in [9.17, 15) is 14.7 Å². The number of anilines is 1. The number of phenolic OH excluding ortho intramolecular Hbond substituents is 1. The van der Waals surface area contributed by atoms with Gasteiger partial charge in [-0.25, -0.2) is 4.98 Å². The lowest BCUT2D eigenvalue weighted by atomic mass is 9.89. The maximum Gasteiger partial charge on any atom is 0.321 e. The van der Waals surface area contributed by atoms with Crippen LogP contribution in [0, 0.1) is 5.92 Å². The molecular weight excluding hydrogens is 398 g/mol. The second-order valence-corrected chi connectivity index (χ2v) is 7.37. The van der Waals surface area contributed by atoms with Crippen LogP contribution in [-0.2, 0) is 14.3 Å². The van der Waals surface area contributed by atoms with Gasteiger partial charge in [-0.1, -0.05) is 25.1 Å². The van der Waals surface area contributed by atoms with Crippen LogP contribution in [0.1, 0.15) is 31.9 Å². The number of nitrogens with zero attached hydrogens (tertiary/aromatic N) is 3. The summed E-state index contributed by atoms with van der Waals surface area (Å²) in [5.41, 5.74) is 2.10. The van der Waals surface area contributed by atoms with Crippen LogP contribution >= 0.6 is 0 Å². The van der Waals surface area contributed by atoms with E-state index in [2.05, 4.69) is 0 Å². The Hall–Kier alpha value is -3.55. The second kappa shape index (κ2) is 8.29. The molecule has 8 heteroatoms. The van der Waals surface area contributed by atoms with Crippen molar-refractivity contribution in [3.8, 4) is 11.5 Å². The van der Waals surface area contributed by atoms with Crippen molar-refractivity contribution >= 4 is 28.9 Å². The zero-order valence-electron chi connectivity index (χ0n) is 17.7. The molecule has 0 saturated carbocycles. The number of carbonyl (C=O) groups is 2. The van der Waals surface area contributed by atoms with Crippen LogP contribution in [-0.4, -0.2) is 46.8 Å². The predicted molar refractivity (Wildman–Crippen MR) is 115 cm³/mol. The Labute approximate surface area is 180 Å². The van der Waals surface area contributed by atoms with Crippen LogP contribution in [0.4, 0.5) is 5.95 Å². The molecule has 31 heavy (non-hydrogen) atoms. The molecule has 0 aliphatic carbocycles. The van der Waals surface area contributed by atoms with Crippen molar-refractivity contribution in [2.45, 2.75) is 26.3 Å². The Morgan fingerprint density at radius 1 is 1.19 bits per heavy atom. The maximum atomic E-state index is 13.5. The average molecular weight is 423 g/mol. The van der Waals surface area contributed by atoms with Gasteiger partial charge < -0.3 is 19.1 Å². The molecule has 0 spiro atoms. The topological polar surface area (TPSA) is 93.9 Å². The number of amides is 1. The Bertz CT molecular complexity index is 1140. The lowest BCUT2D eigenvalue weighted by Crippen LogP contribution is -2.50. The second-order valence-electron chi connectivity index (χ2n) is 7.37. The van der Waals surface area contributed by atoms with E-state index in [1.165, 1.54) is 13.2 Å². The first kappa shape index (κ1) is 20.7. The standard InChI is InChI=1S/C23H25N3O5/c1-4-12-25-21(28)19(22(29)31-5-2)20(14-10-11-18(30-3)17(27)13-14)26-16-9-7-6-8-15(16)24-23(25)26/h6-11,13,19-20,27H,4-5,12H2,1-3H3/t19-,20+/m1/s1. The molecule has 1 aromatic heterocycles. The number of hydrogen-bond donors (Lipinski definition) is 1. The van der Waals surface area contributed by atoms with Gasteiger partial charge in [0.15, 0.2) is 17.4 Å². The molecule has 4 rings (SSSR count). The van der Waals surface area contributed by atoms with Crippen molar-refractivity contribution in [1.82, 2.24) is 9.55 Å². The first-order valence-corrected chi connectivity index (χ1v) is 10.3. The van der Waals surface area contributed by atoms with Gasteiger partial charge >= 0.3 is 5.97 Å². The summed E-state index contributed by atoms with van der Waals surface area (Å²) in [5.74, 6) is -1.35. The molecule has 2 atom stereocenters. The third-order valence-electron chi connectivity index (χ3n) is 5.48. The van der Waals surface area contributed by atoms with Crippen molar-refractivity contribution in [3.05, 3.63) is 48.0 Å². The summed E-state index contributed by atoms with van der Waals surface area (Å²) in [7, 11) is 1.46. The lowest BCUT2D eigenvalue weighted by Gasteiger charge is -2.37. The van der Waals surface area contributed by atoms with E-state index in [1.54, 1.807) is 24.0 Å². The van der Waals surface area contributed by atoms with Crippen molar-refractivity contribution in [3.63, 3.8) is 0 Å². The molecule has 0 radical (unpaired) electrons. The summed E-state index contributed by atoms with van der Waals surface area (Å²) in [6.07, 6.45) is 0.707. The van der Waals surface area contributed by atoms with E-state index < -0.39 is 17.9 Å². The number of carbonyl (C=O) groups excluding carboxylic acids is 2. The molecule has 0 bridgehead atoms. The number of rotatable bonds is 6. The Morgan fingerprint density at radius 2 is 1.97 bits per heavy atom. The van der Waals surface area contributed by atoms with E-state index in [0.29, 0.717) is 30.2 Å². The van der Waals surface area contributed by atoms with Gasteiger partial charge in [0.25, 0.3) is 0 Å². The van der Waals surface area contributed by atoms with Crippen molar-refractivity contribution in [1.29, 1.82) is 0 Å². The molecular formula is C23H25N3O5. The van der Waals surface area contributed by atoms with Crippen molar-refractivity contribution in [2.75, 3.05) is 25.2 Å². The molecule has 1 amide bonds. The van der Waals surface area contributed by atoms with Gasteiger partial charge in [-0.3, -0.25) is 14.5 Å². The van der Waals surface area contributed by atoms with Gasteiger partial charge in [0, 0.05) is 6.54 Å². The number of benzene rings is 2. The Balaban J connectivity index is 2.00. The molecule has 0 saturated heterocycles. The minimum absolute atomic E-state index is 0.0722. The number of imidazole rings is 1. The van der Waals surface area contributed by atoms with Crippen LogP contribution < -0.4 is 9.64 Å². The number of phenols is 1. The third-order valence-corrected chi connectivity index (χ3v) is 5.48. The van der Waals surface area contributed by atoms with Crippen LogP contribution in [0.5, 0.6) is 11.5 Å². The molecule has 8 nitrogen and oxygen atoms in total. The number of aromatic nitrogens is 2. The Morgan fingerprint density at radius 3 is 2.65 bits per heavy atom. The number of para-hydroxylation sites is 2.